The molecule has 0 saturated heterocycles. The van der Waals surface area contributed by atoms with Gasteiger partial charge in [-0.2, -0.15) is 0 Å². The quantitative estimate of drug-likeness (QED) is 0.595. The average molecular weight is 369 g/mol. The monoisotopic (exact) mass is 369 g/mol. The topological polar surface area (TPSA) is 93.0 Å². The van der Waals surface area contributed by atoms with Crippen LogP contribution in [0.2, 0.25) is 0 Å². The molecule has 0 atom stereocenters. The fourth-order valence-electron chi connectivity index (χ4n) is 2.79. The maximum absolute atomic E-state index is 12.6. The number of anilines is 1. The minimum absolute atomic E-state index is 0.169. The van der Waals surface area contributed by atoms with Crippen LogP contribution in [0.1, 0.15) is 11.1 Å². The van der Waals surface area contributed by atoms with Crippen molar-refractivity contribution < 1.29 is 19.2 Å². The van der Waals surface area contributed by atoms with Crippen LogP contribution in [-0.4, -0.2) is 41.8 Å². The number of aryl methyl sites for hydroxylation is 1. The van der Waals surface area contributed by atoms with Crippen molar-refractivity contribution in [2.45, 2.75) is 13.5 Å². The molecule has 2 amide bonds. The normalized spacial score (nSPS) is 13.0. The molecule has 0 bridgehead atoms. The summed E-state index contributed by atoms with van der Waals surface area (Å²) in [5.41, 5.74) is 2.17. The van der Waals surface area contributed by atoms with E-state index in [0.29, 0.717) is 12.3 Å². The number of non-ortho nitro benzene ring substituents is 1. The first-order chi connectivity index (χ1) is 12.8. The van der Waals surface area contributed by atoms with Gasteiger partial charge in [-0.25, -0.2) is 0 Å². The second-order valence-electron chi connectivity index (χ2n) is 6.41. The summed E-state index contributed by atoms with van der Waals surface area (Å²) < 4.78 is 5.31. The molecule has 0 radical (unpaired) electrons. The third-order valence-electron chi connectivity index (χ3n) is 4.36. The van der Waals surface area contributed by atoms with E-state index in [1.807, 2.05) is 31.2 Å². The molecule has 1 aliphatic heterocycles. The number of nitrogens with zero attached hydrogens (tertiary/aromatic N) is 3. The Morgan fingerprint density at radius 2 is 1.96 bits per heavy atom. The first kappa shape index (κ1) is 18.4. The van der Waals surface area contributed by atoms with Crippen LogP contribution in [0.15, 0.2) is 42.5 Å². The highest BCUT2D eigenvalue weighted by Gasteiger charge is 2.30. The predicted molar refractivity (Wildman–Crippen MR) is 98.6 cm³/mol. The van der Waals surface area contributed by atoms with Crippen LogP contribution in [0.25, 0.3) is 0 Å². The lowest BCUT2D eigenvalue weighted by atomic mass is 10.1. The number of hydrogen-bond donors (Lipinski definition) is 0. The molecule has 8 heteroatoms. The lowest BCUT2D eigenvalue weighted by Crippen LogP contribution is -2.45. The fraction of sp³-hybridized carbons (Fsp3) is 0.263. The molecular formula is C19H19N3O5. The summed E-state index contributed by atoms with van der Waals surface area (Å²) in [4.78, 5) is 38.1. The van der Waals surface area contributed by atoms with Gasteiger partial charge in [-0.15, -0.1) is 0 Å². The van der Waals surface area contributed by atoms with Gasteiger partial charge in [0.05, 0.1) is 10.6 Å². The zero-order valence-corrected chi connectivity index (χ0v) is 15.0. The van der Waals surface area contributed by atoms with Crippen LogP contribution in [0.4, 0.5) is 11.4 Å². The van der Waals surface area contributed by atoms with Gasteiger partial charge in [-0.05, 0) is 18.6 Å². The molecule has 140 valence electrons. The third kappa shape index (κ3) is 4.05. The second-order valence-corrected chi connectivity index (χ2v) is 6.41. The minimum Gasteiger partial charge on any atom is -0.482 e. The van der Waals surface area contributed by atoms with Gasteiger partial charge in [-0.1, -0.05) is 29.8 Å². The lowest BCUT2D eigenvalue weighted by molar-refractivity contribution is -0.384. The number of fused-ring (bicyclic) bond motifs is 1. The van der Waals surface area contributed by atoms with Gasteiger partial charge in [0.15, 0.2) is 6.61 Å². The Bertz CT molecular complexity index is 895. The van der Waals surface area contributed by atoms with E-state index in [4.69, 9.17) is 4.74 Å². The molecule has 0 unspecified atom stereocenters. The van der Waals surface area contributed by atoms with Crippen LogP contribution in [0, 0.1) is 17.0 Å². The van der Waals surface area contributed by atoms with Crippen molar-refractivity contribution in [3.05, 3.63) is 63.7 Å². The van der Waals surface area contributed by atoms with E-state index in [0.717, 1.165) is 11.1 Å². The average Bonchev–Trinajstić information content (AvgIpc) is 2.65. The van der Waals surface area contributed by atoms with E-state index < -0.39 is 10.8 Å². The summed E-state index contributed by atoms with van der Waals surface area (Å²) in [5, 5.41) is 11.0. The van der Waals surface area contributed by atoms with Crippen LogP contribution < -0.4 is 9.64 Å². The van der Waals surface area contributed by atoms with Crippen molar-refractivity contribution in [2.24, 2.45) is 0 Å². The molecule has 0 saturated carbocycles. The molecule has 0 N–H and O–H groups in total. The number of carbonyl (C=O) groups excluding carboxylic acids is 2. The first-order valence-corrected chi connectivity index (χ1v) is 8.36. The molecule has 0 spiro atoms. The van der Waals surface area contributed by atoms with Crippen molar-refractivity contribution in [3.8, 4) is 5.75 Å². The lowest BCUT2D eigenvalue weighted by Gasteiger charge is -2.30. The van der Waals surface area contributed by atoms with Crippen LogP contribution in [0.5, 0.6) is 5.75 Å². The van der Waals surface area contributed by atoms with E-state index in [1.54, 1.807) is 7.05 Å². The summed E-state index contributed by atoms with van der Waals surface area (Å²) in [6.45, 7) is 1.97. The molecule has 2 aromatic rings. The maximum Gasteiger partial charge on any atom is 0.271 e. The summed E-state index contributed by atoms with van der Waals surface area (Å²) in [5.74, 6) is -0.349. The fourth-order valence-corrected chi connectivity index (χ4v) is 2.79. The molecule has 1 heterocycles. The number of carbonyl (C=O) groups is 2. The van der Waals surface area contributed by atoms with Gasteiger partial charge >= 0.3 is 0 Å². The summed E-state index contributed by atoms with van der Waals surface area (Å²) in [6, 6.07) is 11.8. The second kappa shape index (κ2) is 7.45. The minimum atomic E-state index is -0.553. The molecule has 0 aromatic heterocycles. The van der Waals surface area contributed by atoms with Gasteiger partial charge in [0, 0.05) is 25.7 Å². The standard InChI is InChI=1S/C19H19N3O5/c1-13-3-5-14(6-4-13)10-20(2)18(23)11-21-16-9-15(22(25)26)7-8-17(16)27-12-19(21)24/h3-9H,10-12H2,1-2H3. The van der Waals surface area contributed by atoms with Crippen molar-refractivity contribution in [1.82, 2.24) is 4.90 Å². The molecule has 3 rings (SSSR count). The number of ether oxygens (including phenoxy) is 1. The Morgan fingerprint density at radius 3 is 2.63 bits per heavy atom. The Hall–Kier alpha value is -3.42. The summed E-state index contributed by atoms with van der Waals surface area (Å²) >= 11 is 0. The number of hydrogen-bond acceptors (Lipinski definition) is 5. The molecule has 27 heavy (non-hydrogen) atoms. The predicted octanol–water partition coefficient (Wildman–Crippen LogP) is 2.29. The highest BCUT2D eigenvalue weighted by atomic mass is 16.6. The van der Waals surface area contributed by atoms with E-state index >= 15 is 0 Å². The summed E-state index contributed by atoms with van der Waals surface area (Å²) in [7, 11) is 1.65. The number of rotatable bonds is 5. The number of benzene rings is 2. The Balaban J connectivity index is 1.77. The van der Waals surface area contributed by atoms with Crippen molar-refractivity contribution in [1.29, 1.82) is 0 Å². The van der Waals surface area contributed by atoms with Gasteiger partial charge < -0.3 is 9.64 Å². The van der Waals surface area contributed by atoms with Crippen molar-refractivity contribution in [2.75, 3.05) is 25.1 Å². The van der Waals surface area contributed by atoms with Crippen molar-refractivity contribution in [3.63, 3.8) is 0 Å². The van der Waals surface area contributed by atoms with Gasteiger partial charge in [-0.3, -0.25) is 24.6 Å². The first-order valence-electron chi connectivity index (χ1n) is 8.36. The van der Waals surface area contributed by atoms with Crippen LogP contribution >= 0.6 is 0 Å². The molecule has 0 fully saturated rings. The Morgan fingerprint density at radius 1 is 1.26 bits per heavy atom. The smallest absolute Gasteiger partial charge is 0.271 e. The van der Waals surface area contributed by atoms with Crippen LogP contribution in [0.3, 0.4) is 0 Å². The van der Waals surface area contributed by atoms with Crippen molar-refractivity contribution >= 4 is 23.2 Å². The Labute approximate surface area is 156 Å². The van der Waals surface area contributed by atoms with Crippen LogP contribution in [-0.2, 0) is 16.1 Å². The zero-order valence-electron chi connectivity index (χ0n) is 15.0. The molecule has 8 nitrogen and oxygen atoms in total. The van der Waals surface area contributed by atoms with E-state index in [2.05, 4.69) is 0 Å². The zero-order chi connectivity index (χ0) is 19.6. The number of likely N-dealkylation sites (N-methyl/N-ethyl adjacent to an activating group) is 1. The SMILES string of the molecule is Cc1ccc(CN(C)C(=O)CN2C(=O)COc3ccc([N+](=O)[O-])cc32)cc1. The molecular weight excluding hydrogens is 350 g/mol. The highest BCUT2D eigenvalue weighted by molar-refractivity contribution is 6.02. The van der Waals surface area contributed by atoms with E-state index in [-0.39, 0.29) is 30.4 Å². The maximum atomic E-state index is 12.6. The number of nitro benzene ring substituents is 1. The van der Waals surface area contributed by atoms with E-state index in [9.17, 15) is 19.7 Å². The van der Waals surface area contributed by atoms with E-state index in [1.165, 1.54) is 28.0 Å². The third-order valence-corrected chi connectivity index (χ3v) is 4.36. The highest BCUT2D eigenvalue weighted by Crippen LogP contribution is 2.35. The number of amides is 2. The molecule has 2 aromatic carbocycles. The van der Waals surface area contributed by atoms with Gasteiger partial charge in [0.25, 0.3) is 11.6 Å². The number of nitro groups is 1. The molecule has 0 aliphatic carbocycles. The Kier molecular flexibility index (Phi) is 5.07. The van der Waals surface area contributed by atoms with Gasteiger partial charge in [0.1, 0.15) is 12.3 Å². The largest absolute Gasteiger partial charge is 0.482 e. The van der Waals surface area contributed by atoms with Gasteiger partial charge in [0.2, 0.25) is 5.91 Å². The summed E-state index contributed by atoms with van der Waals surface area (Å²) in [6.07, 6.45) is 0. The molecule has 1 aliphatic rings.